The molecular weight excluding hydrogens is 314 g/mol. The van der Waals surface area contributed by atoms with Crippen molar-refractivity contribution in [1.29, 1.82) is 0 Å². The third-order valence-electron chi connectivity index (χ3n) is 4.31. The van der Waals surface area contributed by atoms with Crippen LogP contribution in [-0.2, 0) is 4.79 Å². The summed E-state index contributed by atoms with van der Waals surface area (Å²) in [6.45, 7) is 3.93. The second-order valence-corrected chi connectivity index (χ2v) is 6.20. The predicted molar refractivity (Wildman–Crippen MR) is 99.9 cm³/mol. The summed E-state index contributed by atoms with van der Waals surface area (Å²) in [7, 11) is 0. The molecule has 3 rings (SSSR count). The highest BCUT2D eigenvalue weighted by Gasteiger charge is 2.19. The lowest BCUT2D eigenvalue weighted by atomic mass is 9.93. The van der Waals surface area contributed by atoms with Gasteiger partial charge in [0.25, 0.3) is 0 Å². The van der Waals surface area contributed by atoms with Crippen LogP contribution >= 0.6 is 0 Å². The summed E-state index contributed by atoms with van der Waals surface area (Å²) in [4.78, 5) is 24.3. The zero-order valence-corrected chi connectivity index (χ0v) is 14.4. The monoisotopic (exact) mass is 335 g/mol. The Morgan fingerprint density at radius 3 is 2.60 bits per heavy atom. The van der Waals surface area contributed by atoms with Gasteiger partial charge in [0.2, 0.25) is 5.91 Å². The minimum absolute atomic E-state index is 0.0533. The fraction of sp³-hybridized carbons (Fsp3) is 0.238. The number of benzene rings is 2. The van der Waals surface area contributed by atoms with Crippen molar-refractivity contribution in [3.05, 3.63) is 76.1 Å². The number of fused-ring (bicyclic) bond motifs is 1. The molecule has 0 aliphatic rings. The van der Waals surface area contributed by atoms with Crippen molar-refractivity contribution in [3.63, 3.8) is 0 Å². The smallest absolute Gasteiger partial charge is 0.336 e. The Morgan fingerprint density at radius 1 is 1.12 bits per heavy atom. The van der Waals surface area contributed by atoms with Crippen LogP contribution in [0.2, 0.25) is 0 Å². The molecule has 1 heterocycles. The molecule has 1 aromatic heterocycles. The number of nitrogens with one attached hydrogen (secondary N) is 1. The molecule has 0 spiro atoms. The highest BCUT2D eigenvalue weighted by Crippen LogP contribution is 2.25. The van der Waals surface area contributed by atoms with Gasteiger partial charge in [-0.15, -0.1) is 0 Å². The SMILES string of the molecule is CCC[C@H](C(=O)Nc1ccc2c(C)cc(=O)oc2c1)c1ccccc1. The molecule has 128 valence electrons. The Morgan fingerprint density at radius 2 is 1.88 bits per heavy atom. The van der Waals surface area contributed by atoms with Gasteiger partial charge in [0.05, 0.1) is 5.92 Å². The number of amides is 1. The molecule has 0 bridgehead atoms. The second kappa shape index (κ2) is 7.34. The zero-order valence-electron chi connectivity index (χ0n) is 14.4. The molecule has 0 saturated heterocycles. The maximum absolute atomic E-state index is 12.8. The molecule has 0 aliphatic carbocycles. The Kier molecular flexibility index (Phi) is 4.98. The van der Waals surface area contributed by atoms with Crippen LogP contribution in [0.15, 0.2) is 63.8 Å². The number of carbonyl (C=O) groups excluding carboxylic acids is 1. The minimum Gasteiger partial charge on any atom is -0.423 e. The Bertz CT molecular complexity index is 944. The molecule has 0 saturated carbocycles. The molecule has 3 aromatic rings. The van der Waals surface area contributed by atoms with Crippen molar-refractivity contribution >= 4 is 22.6 Å². The van der Waals surface area contributed by atoms with Gasteiger partial charge in [-0.1, -0.05) is 43.7 Å². The summed E-state index contributed by atoms with van der Waals surface area (Å²) in [6.07, 6.45) is 1.69. The average molecular weight is 335 g/mol. The van der Waals surface area contributed by atoms with Gasteiger partial charge in [-0.3, -0.25) is 4.79 Å². The largest absolute Gasteiger partial charge is 0.423 e. The highest BCUT2D eigenvalue weighted by atomic mass is 16.4. The van der Waals surface area contributed by atoms with Gasteiger partial charge in [0.15, 0.2) is 0 Å². The first-order chi connectivity index (χ1) is 12.1. The van der Waals surface area contributed by atoms with Crippen molar-refractivity contribution in [2.24, 2.45) is 0 Å². The van der Waals surface area contributed by atoms with Gasteiger partial charge in [-0.05, 0) is 36.6 Å². The summed E-state index contributed by atoms with van der Waals surface area (Å²) < 4.78 is 5.25. The molecule has 1 amide bonds. The lowest BCUT2D eigenvalue weighted by Gasteiger charge is -2.17. The number of hydrogen-bond acceptors (Lipinski definition) is 3. The lowest BCUT2D eigenvalue weighted by molar-refractivity contribution is -0.117. The van der Waals surface area contributed by atoms with Crippen LogP contribution in [0.4, 0.5) is 5.69 Å². The van der Waals surface area contributed by atoms with E-state index >= 15 is 0 Å². The van der Waals surface area contributed by atoms with Crippen LogP contribution in [-0.4, -0.2) is 5.91 Å². The highest BCUT2D eigenvalue weighted by molar-refractivity contribution is 5.97. The van der Waals surface area contributed by atoms with Gasteiger partial charge >= 0.3 is 5.63 Å². The molecule has 4 heteroatoms. The molecule has 1 atom stereocenters. The molecule has 4 nitrogen and oxygen atoms in total. The van der Waals surface area contributed by atoms with E-state index in [4.69, 9.17) is 4.42 Å². The molecule has 0 radical (unpaired) electrons. The Labute approximate surface area is 146 Å². The van der Waals surface area contributed by atoms with Crippen LogP contribution in [0.3, 0.4) is 0 Å². The van der Waals surface area contributed by atoms with E-state index < -0.39 is 0 Å². The molecule has 0 aliphatic heterocycles. The number of aryl methyl sites for hydroxylation is 1. The summed E-state index contributed by atoms with van der Waals surface area (Å²) in [5.41, 5.74) is 2.58. The standard InChI is InChI=1S/C21H21NO3/c1-3-7-18(15-8-5-4-6-9-15)21(24)22-16-10-11-17-14(2)12-20(23)25-19(17)13-16/h4-6,8-13,18H,3,7H2,1-2H3,(H,22,24)/t18-/m0/s1. The van der Waals surface area contributed by atoms with Crippen molar-refractivity contribution in [3.8, 4) is 0 Å². The maximum atomic E-state index is 12.8. The summed E-state index contributed by atoms with van der Waals surface area (Å²) >= 11 is 0. The van der Waals surface area contributed by atoms with Crippen LogP contribution in [0, 0.1) is 6.92 Å². The summed E-state index contributed by atoms with van der Waals surface area (Å²) in [5.74, 6) is -0.256. The van der Waals surface area contributed by atoms with E-state index in [9.17, 15) is 9.59 Å². The fourth-order valence-electron chi connectivity index (χ4n) is 3.06. The fourth-order valence-corrected chi connectivity index (χ4v) is 3.06. The van der Waals surface area contributed by atoms with E-state index in [0.717, 1.165) is 29.4 Å². The van der Waals surface area contributed by atoms with Gasteiger partial charge < -0.3 is 9.73 Å². The topological polar surface area (TPSA) is 59.3 Å². The van der Waals surface area contributed by atoms with Crippen LogP contribution < -0.4 is 10.9 Å². The lowest BCUT2D eigenvalue weighted by Crippen LogP contribution is -2.21. The van der Waals surface area contributed by atoms with E-state index in [1.54, 1.807) is 6.07 Å². The maximum Gasteiger partial charge on any atom is 0.336 e. The van der Waals surface area contributed by atoms with Crippen molar-refractivity contribution in [1.82, 2.24) is 0 Å². The first-order valence-corrected chi connectivity index (χ1v) is 8.49. The summed E-state index contributed by atoms with van der Waals surface area (Å²) in [6, 6.07) is 16.6. The number of anilines is 1. The zero-order chi connectivity index (χ0) is 17.8. The molecule has 1 N–H and O–H groups in total. The quantitative estimate of drug-likeness (QED) is 0.692. The minimum atomic E-state index is -0.387. The van der Waals surface area contributed by atoms with E-state index in [-0.39, 0.29) is 17.5 Å². The Hall–Kier alpha value is -2.88. The number of rotatable bonds is 5. The van der Waals surface area contributed by atoms with Gasteiger partial charge in [-0.2, -0.15) is 0 Å². The third kappa shape index (κ3) is 3.79. The van der Waals surface area contributed by atoms with Gasteiger partial charge in [0, 0.05) is 23.2 Å². The molecule has 0 unspecified atom stereocenters. The molecular formula is C21H21NO3. The molecule has 2 aromatic carbocycles. The second-order valence-electron chi connectivity index (χ2n) is 6.20. The van der Waals surface area contributed by atoms with Crippen LogP contribution in [0.5, 0.6) is 0 Å². The van der Waals surface area contributed by atoms with Crippen molar-refractivity contribution in [2.45, 2.75) is 32.6 Å². The van der Waals surface area contributed by atoms with E-state index in [1.165, 1.54) is 6.07 Å². The van der Waals surface area contributed by atoms with Crippen LogP contribution in [0.1, 0.15) is 36.8 Å². The molecule has 0 fully saturated rings. The average Bonchev–Trinajstić information content (AvgIpc) is 2.59. The first-order valence-electron chi connectivity index (χ1n) is 8.49. The van der Waals surface area contributed by atoms with E-state index in [1.807, 2.05) is 49.4 Å². The summed E-state index contributed by atoms with van der Waals surface area (Å²) in [5, 5.41) is 3.82. The third-order valence-corrected chi connectivity index (χ3v) is 4.31. The van der Waals surface area contributed by atoms with Crippen LogP contribution in [0.25, 0.3) is 11.0 Å². The van der Waals surface area contributed by atoms with Gasteiger partial charge in [-0.25, -0.2) is 4.79 Å². The van der Waals surface area contributed by atoms with Crippen molar-refractivity contribution < 1.29 is 9.21 Å². The molecule has 25 heavy (non-hydrogen) atoms. The number of carbonyl (C=O) groups is 1. The normalized spacial score (nSPS) is 12.1. The van der Waals surface area contributed by atoms with E-state index in [0.29, 0.717) is 11.3 Å². The first kappa shape index (κ1) is 17.0. The van der Waals surface area contributed by atoms with E-state index in [2.05, 4.69) is 12.2 Å². The van der Waals surface area contributed by atoms with Crippen molar-refractivity contribution in [2.75, 3.05) is 5.32 Å². The predicted octanol–water partition coefficient (Wildman–Crippen LogP) is 4.62. The Balaban J connectivity index is 1.88. The van der Waals surface area contributed by atoms with Gasteiger partial charge in [0.1, 0.15) is 5.58 Å². The number of hydrogen-bond donors (Lipinski definition) is 1.